The lowest BCUT2D eigenvalue weighted by Crippen LogP contribution is -2.42. The molecule has 28 heavy (non-hydrogen) atoms. The van der Waals surface area contributed by atoms with E-state index in [-0.39, 0.29) is 0 Å². The van der Waals surface area contributed by atoms with E-state index in [1.165, 1.54) is 5.56 Å². The number of hydrogen-bond acceptors (Lipinski definition) is 6. The number of hydrogen-bond donors (Lipinski definition) is 0. The Hall–Kier alpha value is -1.18. The van der Waals surface area contributed by atoms with Crippen LogP contribution in [0.2, 0.25) is 0 Å². The number of nitrogens with zero attached hydrogens (tertiary/aromatic N) is 3. The minimum Gasteiger partial charge on any atom is -0.494 e. The van der Waals surface area contributed by atoms with Crippen LogP contribution in [0.15, 0.2) is 24.3 Å². The molecule has 0 saturated carbocycles. The summed E-state index contributed by atoms with van der Waals surface area (Å²) in [6.07, 6.45) is 1.06. The van der Waals surface area contributed by atoms with Gasteiger partial charge in [0.2, 0.25) is 0 Å². The van der Waals surface area contributed by atoms with Gasteiger partial charge in [-0.05, 0) is 31.2 Å². The minimum absolute atomic E-state index is 0.494. The average Bonchev–Trinajstić information content (AvgIpc) is 2.97. The molecule has 0 aliphatic carbocycles. The highest BCUT2D eigenvalue weighted by atomic mass is 16.5. The van der Waals surface area contributed by atoms with Crippen LogP contribution in [0.3, 0.4) is 0 Å². The van der Waals surface area contributed by atoms with Gasteiger partial charge in [-0.2, -0.15) is 0 Å². The predicted molar refractivity (Wildman–Crippen MR) is 110 cm³/mol. The Morgan fingerprint density at radius 2 is 1.82 bits per heavy atom. The van der Waals surface area contributed by atoms with Crippen LogP contribution in [-0.2, 0) is 16.0 Å². The molecule has 0 spiro atoms. The van der Waals surface area contributed by atoms with Gasteiger partial charge in [0.05, 0.1) is 33.0 Å². The maximum absolute atomic E-state index is 5.95. The first kappa shape index (κ1) is 20.1. The fourth-order valence-corrected chi connectivity index (χ4v) is 4.59. The van der Waals surface area contributed by atoms with Crippen LogP contribution in [0.4, 0.5) is 0 Å². The Bertz CT molecular complexity index is 591. The summed E-state index contributed by atoms with van der Waals surface area (Å²) in [4.78, 5) is 7.53. The van der Waals surface area contributed by atoms with Crippen LogP contribution < -0.4 is 4.74 Å². The molecule has 0 amide bonds. The molecule has 0 N–H and O–H groups in total. The zero-order chi connectivity index (χ0) is 19.2. The van der Waals surface area contributed by atoms with E-state index < -0.39 is 0 Å². The smallest absolute Gasteiger partial charge is 0.119 e. The van der Waals surface area contributed by atoms with Crippen LogP contribution >= 0.6 is 0 Å². The van der Waals surface area contributed by atoms with Crippen molar-refractivity contribution in [3.05, 3.63) is 29.8 Å². The van der Waals surface area contributed by atoms with E-state index in [0.29, 0.717) is 12.0 Å². The minimum atomic E-state index is 0.494. The van der Waals surface area contributed by atoms with Crippen LogP contribution in [-0.4, -0.2) is 100 Å². The van der Waals surface area contributed by atoms with Gasteiger partial charge in [0, 0.05) is 57.8 Å². The van der Waals surface area contributed by atoms with Crippen LogP contribution in [0, 0.1) is 5.92 Å². The summed E-state index contributed by atoms with van der Waals surface area (Å²) in [5, 5.41) is 0. The third kappa shape index (κ3) is 5.67. The Morgan fingerprint density at radius 3 is 2.64 bits per heavy atom. The highest BCUT2D eigenvalue weighted by molar-refractivity contribution is 5.27. The van der Waals surface area contributed by atoms with Crippen molar-refractivity contribution in [1.82, 2.24) is 14.7 Å². The summed E-state index contributed by atoms with van der Waals surface area (Å²) in [5.74, 6) is 1.59. The summed E-state index contributed by atoms with van der Waals surface area (Å²) in [6, 6.07) is 9.18. The van der Waals surface area contributed by atoms with Gasteiger partial charge in [-0.25, -0.2) is 0 Å². The zero-order valence-corrected chi connectivity index (χ0v) is 17.2. The molecule has 0 radical (unpaired) electrons. The highest BCUT2D eigenvalue weighted by Gasteiger charge is 2.31. The van der Waals surface area contributed by atoms with Crippen molar-refractivity contribution in [2.45, 2.75) is 19.0 Å². The summed E-state index contributed by atoms with van der Waals surface area (Å²) in [6.45, 7) is 11.8. The standard InChI is InChI=1S/C22H35N3O3/c1-23-13-20-15-25(21(16-23)18-27-17-20)14-19-3-5-22(6-4-19)28-10-2-7-24-8-11-26-12-9-24/h3-6,20-21H,2,7-18H2,1H3/t20-,21-/m0/s1. The highest BCUT2D eigenvalue weighted by Crippen LogP contribution is 2.22. The van der Waals surface area contributed by atoms with E-state index in [1.54, 1.807) is 0 Å². The number of benzene rings is 1. The predicted octanol–water partition coefficient (Wildman–Crippen LogP) is 1.55. The molecule has 3 saturated heterocycles. The number of rotatable bonds is 7. The fraction of sp³-hybridized carbons (Fsp3) is 0.727. The molecular weight excluding hydrogens is 354 g/mol. The molecule has 6 heteroatoms. The van der Waals surface area contributed by atoms with Gasteiger partial charge >= 0.3 is 0 Å². The monoisotopic (exact) mass is 389 g/mol. The molecule has 156 valence electrons. The number of fused-ring (bicyclic) bond motifs is 3. The van der Waals surface area contributed by atoms with Crippen molar-refractivity contribution in [3.63, 3.8) is 0 Å². The molecule has 4 rings (SSSR count). The lowest BCUT2D eigenvalue weighted by molar-refractivity contribution is 0.0358. The lowest BCUT2D eigenvalue weighted by atomic mass is 10.1. The molecule has 1 aromatic carbocycles. The number of ether oxygens (including phenoxy) is 3. The molecule has 2 bridgehead atoms. The molecule has 3 heterocycles. The maximum Gasteiger partial charge on any atom is 0.119 e. The second kappa shape index (κ2) is 10.0. The Balaban J connectivity index is 1.23. The van der Waals surface area contributed by atoms with Crippen molar-refractivity contribution >= 4 is 0 Å². The molecule has 3 aliphatic heterocycles. The van der Waals surface area contributed by atoms with Gasteiger partial charge in [-0.15, -0.1) is 0 Å². The van der Waals surface area contributed by atoms with Crippen LogP contribution in [0.5, 0.6) is 5.75 Å². The molecular formula is C22H35N3O3. The summed E-state index contributed by atoms with van der Waals surface area (Å²) >= 11 is 0. The quantitative estimate of drug-likeness (QED) is 0.659. The lowest BCUT2D eigenvalue weighted by Gasteiger charge is -2.29. The molecule has 1 aromatic rings. The molecule has 0 aromatic heterocycles. The number of morpholine rings is 1. The van der Waals surface area contributed by atoms with Gasteiger partial charge in [-0.1, -0.05) is 12.1 Å². The van der Waals surface area contributed by atoms with E-state index in [2.05, 4.69) is 46.0 Å². The van der Waals surface area contributed by atoms with Crippen molar-refractivity contribution in [3.8, 4) is 5.75 Å². The largest absolute Gasteiger partial charge is 0.494 e. The Kier molecular flexibility index (Phi) is 7.20. The first-order valence-corrected chi connectivity index (χ1v) is 10.8. The van der Waals surface area contributed by atoms with Gasteiger partial charge in [0.15, 0.2) is 0 Å². The van der Waals surface area contributed by atoms with Crippen molar-refractivity contribution in [2.24, 2.45) is 5.92 Å². The van der Waals surface area contributed by atoms with Gasteiger partial charge in [-0.3, -0.25) is 9.80 Å². The fourth-order valence-electron chi connectivity index (χ4n) is 4.59. The van der Waals surface area contributed by atoms with Crippen molar-refractivity contribution in [2.75, 3.05) is 79.4 Å². The average molecular weight is 390 g/mol. The van der Waals surface area contributed by atoms with Crippen LogP contribution in [0.25, 0.3) is 0 Å². The summed E-state index contributed by atoms with van der Waals surface area (Å²) < 4.78 is 17.2. The van der Waals surface area contributed by atoms with E-state index in [4.69, 9.17) is 14.2 Å². The molecule has 6 nitrogen and oxygen atoms in total. The first-order valence-electron chi connectivity index (χ1n) is 10.8. The number of likely N-dealkylation sites (N-methyl/N-ethyl adjacent to an activating group) is 1. The third-order valence-corrected chi connectivity index (χ3v) is 6.07. The van der Waals surface area contributed by atoms with Gasteiger partial charge in [0.1, 0.15) is 5.75 Å². The van der Waals surface area contributed by atoms with E-state index in [0.717, 1.165) is 91.0 Å². The van der Waals surface area contributed by atoms with Crippen LogP contribution in [0.1, 0.15) is 12.0 Å². The van der Waals surface area contributed by atoms with E-state index in [9.17, 15) is 0 Å². The maximum atomic E-state index is 5.95. The molecule has 3 fully saturated rings. The summed E-state index contributed by atoms with van der Waals surface area (Å²) in [5.41, 5.74) is 1.36. The SMILES string of the molecule is CN1C[C@@H]2COC[C@H](C1)N(Cc1ccc(OCCCN3CCOCC3)cc1)C2. The van der Waals surface area contributed by atoms with E-state index >= 15 is 0 Å². The van der Waals surface area contributed by atoms with Crippen molar-refractivity contribution in [1.29, 1.82) is 0 Å². The molecule has 0 unspecified atom stereocenters. The zero-order valence-electron chi connectivity index (χ0n) is 17.2. The topological polar surface area (TPSA) is 37.4 Å². The second-order valence-electron chi connectivity index (χ2n) is 8.51. The molecule has 2 atom stereocenters. The van der Waals surface area contributed by atoms with Crippen molar-refractivity contribution < 1.29 is 14.2 Å². The van der Waals surface area contributed by atoms with Gasteiger partial charge in [0.25, 0.3) is 0 Å². The first-order chi connectivity index (χ1) is 13.8. The van der Waals surface area contributed by atoms with Gasteiger partial charge < -0.3 is 19.1 Å². The third-order valence-electron chi connectivity index (χ3n) is 6.07. The summed E-state index contributed by atoms with van der Waals surface area (Å²) in [7, 11) is 2.24. The second-order valence-corrected chi connectivity index (χ2v) is 8.51. The Labute approximate surface area is 169 Å². The Morgan fingerprint density at radius 1 is 1.00 bits per heavy atom. The van der Waals surface area contributed by atoms with E-state index in [1.807, 2.05) is 0 Å². The molecule has 3 aliphatic rings. The normalized spacial score (nSPS) is 27.5.